The lowest BCUT2D eigenvalue weighted by Crippen LogP contribution is -2.50. The Labute approximate surface area is 172 Å². The van der Waals surface area contributed by atoms with E-state index < -0.39 is 0 Å². The summed E-state index contributed by atoms with van der Waals surface area (Å²) in [4.78, 5) is 15.7. The number of ketones is 1. The number of aryl methyl sites for hydroxylation is 1. The van der Waals surface area contributed by atoms with Crippen molar-refractivity contribution in [3.63, 3.8) is 0 Å². The Bertz CT molecular complexity index is 954. The van der Waals surface area contributed by atoms with Gasteiger partial charge in [-0.3, -0.25) is 9.69 Å². The second kappa shape index (κ2) is 7.78. The van der Waals surface area contributed by atoms with Crippen molar-refractivity contribution in [3.8, 4) is 11.8 Å². The molecule has 4 rings (SSSR count). The van der Waals surface area contributed by atoms with Crippen LogP contribution in [0.15, 0.2) is 30.3 Å². The van der Waals surface area contributed by atoms with Gasteiger partial charge in [-0.2, -0.15) is 5.26 Å². The van der Waals surface area contributed by atoms with E-state index in [1.807, 2.05) is 44.2 Å². The Kier molecular flexibility index (Phi) is 5.33. The number of hydrogen-bond donors (Lipinski definition) is 0. The molecule has 2 saturated heterocycles. The minimum Gasteiger partial charge on any atom is -0.373 e. The smallest absolute Gasteiger partial charge is 0.178 e. The van der Waals surface area contributed by atoms with Gasteiger partial charge in [0.1, 0.15) is 0 Å². The summed E-state index contributed by atoms with van der Waals surface area (Å²) in [5, 5.41) is 9.03. The maximum absolute atomic E-state index is 13.3. The van der Waals surface area contributed by atoms with E-state index in [1.54, 1.807) is 0 Å². The third-order valence-electron chi connectivity index (χ3n) is 6.61. The van der Waals surface area contributed by atoms with Crippen molar-refractivity contribution in [2.45, 2.75) is 71.2 Å². The number of nitriles is 1. The van der Waals surface area contributed by atoms with E-state index in [0.717, 1.165) is 41.9 Å². The SMILES string of the molecule is CCC1OC2CC(C)N(CC(=O)c3cc(C)n(-c4ccc(C#N)cc4)c3C)C1C2. The number of fused-ring (bicyclic) bond motifs is 2. The van der Waals surface area contributed by atoms with Crippen LogP contribution in [0.1, 0.15) is 60.4 Å². The first-order valence-corrected chi connectivity index (χ1v) is 10.6. The fraction of sp³-hybridized carbons (Fsp3) is 0.500. The first kappa shape index (κ1) is 19.9. The fourth-order valence-electron chi connectivity index (χ4n) is 5.18. The summed E-state index contributed by atoms with van der Waals surface area (Å²) >= 11 is 0. The van der Waals surface area contributed by atoms with Crippen LogP contribution >= 0.6 is 0 Å². The maximum atomic E-state index is 13.3. The molecule has 2 fully saturated rings. The van der Waals surface area contributed by atoms with Gasteiger partial charge in [0.05, 0.1) is 30.4 Å². The van der Waals surface area contributed by atoms with E-state index in [2.05, 4.69) is 29.4 Å². The summed E-state index contributed by atoms with van der Waals surface area (Å²) in [7, 11) is 0. The zero-order valence-corrected chi connectivity index (χ0v) is 17.7. The molecular formula is C24H29N3O2. The summed E-state index contributed by atoms with van der Waals surface area (Å²) in [6.07, 6.45) is 3.63. The zero-order valence-electron chi connectivity index (χ0n) is 17.7. The number of benzene rings is 1. The third kappa shape index (κ3) is 3.52. The van der Waals surface area contributed by atoms with E-state index in [4.69, 9.17) is 10.00 Å². The summed E-state index contributed by atoms with van der Waals surface area (Å²) in [6, 6.07) is 12.3. The van der Waals surface area contributed by atoms with E-state index in [-0.39, 0.29) is 11.9 Å². The standard InChI is InChI=1S/C24H29N3O2/c1-5-24-22-12-20(29-24)10-15(2)26(22)14-23(28)21-11-16(3)27(17(21)4)19-8-6-18(13-25)7-9-19/h6-9,11,15,20,22,24H,5,10,12,14H2,1-4H3. The Hall–Kier alpha value is -2.42. The highest BCUT2D eigenvalue weighted by atomic mass is 16.5. The van der Waals surface area contributed by atoms with Gasteiger partial charge in [-0.1, -0.05) is 6.92 Å². The van der Waals surface area contributed by atoms with Crippen LogP contribution in [0, 0.1) is 25.2 Å². The van der Waals surface area contributed by atoms with Gasteiger partial charge in [-0.05, 0) is 70.4 Å². The lowest BCUT2D eigenvalue weighted by atomic mass is 9.93. The average Bonchev–Trinajstić information content (AvgIpc) is 3.22. The van der Waals surface area contributed by atoms with Crippen molar-refractivity contribution in [1.29, 1.82) is 5.26 Å². The van der Waals surface area contributed by atoms with Crippen molar-refractivity contribution in [1.82, 2.24) is 9.47 Å². The lowest BCUT2D eigenvalue weighted by Gasteiger charge is -2.38. The molecule has 0 amide bonds. The van der Waals surface area contributed by atoms with Crippen LogP contribution in [0.4, 0.5) is 0 Å². The van der Waals surface area contributed by atoms with Gasteiger partial charge in [0.25, 0.3) is 0 Å². The Morgan fingerprint density at radius 2 is 1.97 bits per heavy atom. The van der Waals surface area contributed by atoms with Crippen LogP contribution in [-0.4, -0.2) is 46.1 Å². The summed E-state index contributed by atoms with van der Waals surface area (Å²) in [5.74, 6) is 0.171. The van der Waals surface area contributed by atoms with Gasteiger partial charge in [-0.25, -0.2) is 0 Å². The molecule has 0 radical (unpaired) electrons. The van der Waals surface area contributed by atoms with Gasteiger partial charge in [0.2, 0.25) is 0 Å². The monoisotopic (exact) mass is 391 g/mol. The van der Waals surface area contributed by atoms with Crippen LogP contribution in [0.3, 0.4) is 0 Å². The predicted molar refractivity (Wildman–Crippen MR) is 112 cm³/mol. The Morgan fingerprint density at radius 3 is 2.62 bits per heavy atom. The Balaban J connectivity index is 1.58. The molecule has 152 valence electrons. The maximum Gasteiger partial charge on any atom is 0.178 e. The van der Waals surface area contributed by atoms with Gasteiger partial charge in [-0.15, -0.1) is 0 Å². The number of Topliss-reactive ketones (excluding diaryl/α,β-unsaturated/α-hetero) is 1. The summed E-state index contributed by atoms with van der Waals surface area (Å²) in [6.45, 7) is 8.85. The van der Waals surface area contributed by atoms with Crippen LogP contribution in [0.2, 0.25) is 0 Å². The van der Waals surface area contributed by atoms with Crippen LogP contribution in [0.5, 0.6) is 0 Å². The molecular weight excluding hydrogens is 362 g/mol. The second-order valence-corrected chi connectivity index (χ2v) is 8.47. The van der Waals surface area contributed by atoms with Crippen molar-refractivity contribution in [2.24, 2.45) is 0 Å². The Morgan fingerprint density at radius 1 is 1.24 bits per heavy atom. The number of carbonyl (C=O) groups excluding carboxylic acids is 1. The summed E-state index contributed by atoms with van der Waals surface area (Å²) in [5.41, 5.74) is 4.37. The zero-order chi connectivity index (χ0) is 20.7. The molecule has 1 aromatic heterocycles. The molecule has 4 atom stereocenters. The molecule has 0 spiro atoms. The van der Waals surface area contributed by atoms with Crippen LogP contribution in [-0.2, 0) is 4.74 Å². The topological polar surface area (TPSA) is 58.3 Å². The number of nitrogens with zero attached hydrogens (tertiary/aromatic N) is 3. The van der Waals surface area contributed by atoms with Gasteiger partial charge < -0.3 is 9.30 Å². The fourth-order valence-corrected chi connectivity index (χ4v) is 5.18. The highest BCUT2D eigenvalue weighted by molar-refractivity contribution is 5.99. The van der Waals surface area contributed by atoms with Crippen molar-refractivity contribution in [3.05, 3.63) is 52.8 Å². The molecule has 2 aromatic rings. The number of hydrogen-bond acceptors (Lipinski definition) is 4. The van der Waals surface area contributed by atoms with E-state index in [9.17, 15) is 4.79 Å². The minimum atomic E-state index is 0.171. The molecule has 0 saturated carbocycles. The van der Waals surface area contributed by atoms with Crippen molar-refractivity contribution in [2.75, 3.05) is 6.54 Å². The van der Waals surface area contributed by atoms with Gasteiger partial charge in [0, 0.05) is 34.7 Å². The number of carbonyl (C=O) groups is 1. The first-order chi connectivity index (χ1) is 13.9. The molecule has 4 unspecified atom stereocenters. The van der Waals surface area contributed by atoms with Crippen LogP contribution < -0.4 is 0 Å². The van der Waals surface area contributed by atoms with Crippen molar-refractivity contribution < 1.29 is 9.53 Å². The largest absolute Gasteiger partial charge is 0.373 e. The molecule has 5 nitrogen and oxygen atoms in total. The molecule has 2 aliphatic rings. The quantitative estimate of drug-likeness (QED) is 0.718. The molecule has 0 N–H and O–H groups in total. The summed E-state index contributed by atoms with van der Waals surface area (Å²) < 4.78 is 8.26. The number of aromatic nitrogens is 1. The highest BCUT2D eigenvalue weighted by Gasteiger charge is 2.45. The molecule has 29 heavy (non-hydrogen) atoms. The lowest BCUT2D eigenvalue weighted by molar-refractivity contribution is 0.0420. The second-order valence-electron chi connectivity index (χ2n) is 8.47. The highest BCUT2D eigenvalue weighted by Crippen LogP contribution is 2.37. The molecule has 2 bridgehead atoms. The van der Waals surface area contributed by atoms with Gasteiger partial charge >= 0.3 is 0 Å². The van der Waals surface area contributed by atoms with Crippen molar-refractivity contribution >= 4 is 5.78 Å². The molecule has 5 heteroatoms. The van der Waals surface area contributed by atoms with Gasteiger partial charge in [0.15, 0.2) is 5.78 Å². The normalized spacial score (nSPS) is 26.4. The van der Waals surface area contributed by atoms with E-state index in [1.165, 1.54) is 0 Å². The molecule has 1 aromatic carbocycles. The van der Waals surface area contributed by atoms with E-state index >= 15 is 0 Å². The van der Waals surface area contributed by atoms with Crippen LogP contribution in [0.25, 0.3) is 5.69 Å². The first-order valence-electron chi connectivity index (χ1n) is 10.6. The van der Waals surface area contributed by atoms with E-state index in [0.29, 0.717) is 30.3 Å². The number of piperidine rings is 1. The number of likely N-dealkylation sites (tertiary alicyclic amines) is 1. The number of ether oxygens (including phenoxy) is 1. The molecule has 0 aliphatic carbocycles. The molecule has 2 aliphatic heterocycles. The minimum absolute atomic E-state index is 0.171. The molecule has 3 heterocycles. The predicted octanol–water partition coefficient (Wildman–Crippen LogP) is 4.18. The number of rotatable bonds is 5. The third-order valence-corrected chi connectivity index (χ3v) is 6.61. The average molecular weight is 392 g/mol.